The molecule has 178 valence electrons. The van der Waals surface area contributed by atoms with Gasteiger partial charge in [-0.1, -0.05) is 12.1 Å². The maximum atomic E-state index is 13.7. The summed E-state index contributed by atoms with van der Waals surface area (Å²) in [6.07, 6.45) is -7.37. The summed E-state index contributed by atoms with van der Waals surface area (Å²) >= 11 is 0.826. The second kappa shape index (κ2) is 9.04. The summed E-state index contributed by atoms with van der Waals surface area (Å²) in [4.78, 5) is 23.9. The summed E-state index contributed by atoms with van der Waals surface area (Å²) in [7, 11) is 1.10. The van der Waals surface area contributed by atoms with Crippen LogP contribution in [0.1, 0.15) is 51.4 Å². The highest BCUT2D eigenvalue weighted by atomic mass is 32.2. The van der Waals surface area contributed by atoms with Gasteiger partial charge in [0.2, 0.25) is 11.5 Å². The molecule has 0 saturated heterocycles. The number of carbonyl (C=O) groups is 2. The summed E-state index contributed by atoms with van der Waals surface area (Å²) in [6.45, 7) is 1.50. The molecule has 1 unspecified atom stereocenters. The number of ether oxygens (including phenoxy) is 1. The highest BCUT2D eigenvalue weighted by molar-refractivity contribution is 8.02. The van der Waals surface area contributed by atoms with Gasteiger partial charge in [-0.2, -0.15) is 18.3 Å². The van der Waals surface area contributed by atoms with Crippen molar-refractivity contribution in [2.75, 3.05) is 5.75 Å². The van der Waals surface area contributed by atoms with Crippen LogP contribution < -0.4 is 10.1 Å². The van der Waals surface area contributed by atoms with E-state index in [1.165, 1.54) is 36.6 Å². The summed E-state index contributed by atoms with van der Waals surface area (Å²) in [5.74, 6) is -3.58. The van der Waals surface area contributed by atoms with Gasteiger partial charge in [-0.05, 0) is 36.1 Å². The largest absolute Gasteiger partial charge is 0.478 e. The van der Waals surface area contributed by atoms with Gasteiger partial charge in [0.25, 0.3) is 12.3 Å². The van der Waals surface area contributed by atoms with Gasteiger partial charge in [0.1, 0.15) is 11.3 Å². The molecule has 2 N–H and O–H groups in total. The van der Waals surface area contributed by atoms with E-state index in [4.69, 9.17) is 9.84 Å². The minimum Gasteiger partial charge on any atom is -0.478 e. The van der Waals surface area contributed by atoms with Gasteiger partial charge >= 0.3 is 12.1 Å². The van der Waals surface area contributed by atoms with Crippen LogP contribution >= 0.6 is 11.8 Å². The summed E-state index contributed by atoms with van der Waals surface area (Å²) in [5, 5.41) is 16.1. The van der Waals surface area contributed by atoms with Crippen molar-refractivity contribution in [3.8, 4) is 5.88 Å². The number of aryl methyl sites for hydroxylation is 1. The lowest BCUT2D eigenvalue weighted by Crippen LogP contribution is -2.50. The van der Waals surface area contributed by atoms with Gasteiger partial charge < -0.3 is 15.2 Å². The number of nitrogens with one attached hydrogen (secondary N) is 1. The standard InChI is InChI=1S/C20H18F5N3O4S/c1-10(11-3-5-12(6-4-11)18(30)31)26-16(29)13-14(15(21)22)27-28(2)17(13)32-19(20(23,24)25)7-8-33-9-19/h3-8,10,15H,9H2,1-2H3,(H,26,29)(H,30,31)/t10-,19?/m0/s1. The molecule has 0 radical (unpaired) electrons. The quantitative estimate of drug-likeness (QED) is 0.555. The lowest BCUT2D eigenvalue weighted by atomic mass is 10.1. The van der Waals surface area contributed by atoms with E-state index in [1.807, 2.05) is 0 Å². The van der Waals surface area contributed by atoms with E-state index in [2.05, 4.69) is 10.4 Å². The average molecular weight is 491 g/mol. The fraction of sp³-hybridized carbons (Fsp3) is 0.350. The normalized spacial score (nSPS) is 19.0. The minimum atomic E-state index is -4.88. The van der Waals surface area contributed by atoms with Crippen molar-refractivity contribution in [1.82, 2.24) is 15.1 Å². The van der Waals surface area contributed by atoms with Crippen molar-refractivity contribution in [1.29, 1.82) is 0 Å². The monoisotopic (exact) mass is 491 g/mol. The Morgan fingerprint density at radius 1 is 1.27 bits per heavy atom. The molecule has 1 aromatic carbocycles. The van der Waals surface area contributed by atoms with Crippen LogP contribution in [-0.2, 0) is 7.05 Å². The molecule has 7 nitrogen and oxygen atoms in total. The summed E-state index contributed by atoms with van der Waals surface area (Å²) < 4.78 is 74.3. The molecule has 13 heteroatoms. The van der Waals surface area contributed by atoms with E-state index in [9.17, 15) is 31.5 Å². The molecule has 1 aliphatic heterocycles. The number of hydrogen-bond donors (Lipinski definition) is 2. The topological polar surface area (TPSA) is 93.5 Å². The van der Waals surface area contributed by atoms with Crippen LogP contribution in [0.2, 0.25) is 0 Å². The number of thioether (sulfide) groups is 1. The molecule has 0 fully saturated rings. The predicted molar refractivity (Wildman–Crippen MR) is 108 cm³/mol. The zero-order valence-corrected chi connectivity index (χ0v) is 18.0. The number of carboxylic acids is 1. The maximum Gasteiger partial charge on any atom is 0.432 e. The van der Waals surface area contributed by atoms with Gasteiger partial charge in [0.15, 0.2) is 0 Å². The first-order valence-electron chi connectivity index (χ1n) is 9.40. The van der Waals surface area contributed by atoms with Crippen LogP contribution in [-0.4, -0.2) is 44.3 Å². The van der Waals surface area contributed by atoms with E-state index < -0.39 is 59.0 Å². The van der Waals surface area contributed by atoms with Gasteiger partial charge in [-0.15, -0.1) is 11.8 Å². The number of hydrogen-bond acceptors (Lipinski definition) is 5. The van der Waals surface area contributed by atoms with Crippen LogP contribution in [0.3, 0.4) is 0 Å². The lowest BCUT2D eigenvalue weighted by molar-refractivity contribution is -0.221. The van der Waals surface area contributed by atoms with Crippen LogP contribution in [0.25, 0.3) is 0 Å². The second-order valence-corrected chi connectivity index (χ2v) is 8.11. The third kappa shape index (κ3) is 4.82. The van der Waals surface area contributed by atoms with Crippen LogP contribution in [0, 0.1) is 0 Å². The van der Waals surface area contributed by atoms with Crippen LogP contribution in [0.15, 0.2) is 35.7 Å². The zero-order chi connectivity index (χ0) is 24.6. The van der Waals surface area contributed by atoms with Gasteiger partial charge in [0, 0.05) is 7.05 Å². The molecule has 2 heterocycles. The number of aromatic carboxylic acids is 1. The number of carbonyl (C=O) groups excluding carboxylic acids is 1. The zero-order valence-electron chi connectivity index (χ0n) is 17.2. The van der Waals surface area contributed by atoms with E-state index in [1.54, 1.807) is 0 Å². The molecule has 1 aliphatic rings. The van der Waals surface area contributed by atoms with Gasteiger partial charge in [-0.3, -0.25) is 4.79 Å². The third-order valence-electron chi connectivity index (χ3n) is 4.95. The summed E-state index contributed by atoms with van der Waals surface area (Å²) in [5.41, 5.74) is -4.20. The second-order valence-electron chi connectivity index (χ2n) is 7.22. The molecular weight excluding hydrogens is 473 g/mol. The van der Waals surface area contributed by atoms with E-state index >= 15 is 0 Å². The van der Waals surface area contributed by atoms with E-state index in [-0.39, 0.29) is 5.56 Å². The Kier molecular flexibility index (Phi) is 6.73. The molecule has 0 spiro atoms. The fourth-order valence-electron chi connectivity index (χ4n) is 3.13. The van der Waals surface area contributed by atoms with Gasteiger partial charge in [-0.25, -0.2) is 18.3 Å². The number of benzene rings is 1. The van der Waals surface area contributed by atoms with Gasteiger partial charge in [0.05, 0.1) is 17.4 Å². The van der Waals surface area contributed by atoms with E-state index in [0.717, 1.165) is 24.9 Å². The Morgan fingerprint density at radius 3 is 2.39 bits per heavy atom. The molecule has 1 amide bonds. The number of carboxylic acid groups (broad SMARTS) is 1. The molecule has 3 rings (SSSR count). The maximum absolute atomic E-state index is 13.7. The Bertz CT molecular complexity index is 1080. The molecule has 0 bridgehead atoms. The lowest BCUT2D eigenvalue weighted by Gasteiger charge is -2.30. The molecule has 1 aromatic heterocycles. The number of halogens is 5. The smallest absolute Gasteiger partial charge is 0.432 e. The molecule has 0 aliphatic carbocycles. The SMILES string of the molecule is C[C@H](NC(=O)c1c(C(F)F)nn(C)c1OC1(C(F)(F)F)C=CSC1)c1ccc(C(=O)O)cc1. The highest BCUT2D eigenvalue weighted by Gasteiger charge is 2.58. The van der Waals surface area contributed by atoms with Crippen molar-refractivity contribution < 1.29 is 41.4 Å². The predicted octanol–water partition coefficient (Wildman–Crippen LogP) is 4.49. The summed E-state index contributed by atoms with van der Waals surface area (Å²) in [6, 6.07) is 4.63. The van der Waals surface area contributed by atoms with Crippen molar-refractivity contribution >= 4 is 23.6 Å². The number of nitrogens with zero attached hydrogens (tertiary/aromatic N) is 2. The highest BCUT2D eigenvalue weighted by Crippen LogP contribution is 2.44. The average Bonchev–Trinajstić information content (AvgIpc) is 3.34. The van der Waals surface area contributed by atoms with Crippen molar-refractivity contribution in [3.63, 3.8) is 0 Å². The Labute approximate surface area is 188 Å². The van der Waals surface area contributed by atoms with E-state index in [0.29, 0.717) is 10.2 Å². The Balaban J connectivity index is 1.95. The molecule has 2 aromatic rings. The van der Waals surface area contributed by atoms with Crippen molar-refractivity contribution in [2.45, 2.75) is 31.2 Å². The van der Waals surface area contributed by atoms with Crippen molar-refractivity contribution in [2.24, 2.45) is 7.05 Å². The Hall–Kier alpha value is -3.09. The number of rotatable bonds is 7. The molecule has 0 saturated carbocycles. The molecule has 33 heavy (non-hydrogen) atoms. The first-order chi connectivity index (χ1) is 15.4. The minimum absolute atomic E-state index is 0.000135. The first-order valence-corrected chi connectivity index (χ1v) is 10.5. The first kappa shape index (κ1) is 24.6. The molecular formula is C20H18F5N3O4S. The Morgan fingerprint density at radius 2 is 1.91 bits per heavy atom. The number of amides is 1. The van der Waals surface area contributed by atoms with Crippen LogP contribution in [0.4, 0.5) is 22.0 Å². The number of alkyl halides is 5. The third-order valence-corrected chi connectivity index (χ3v) is 5.87. The number of aromatic nitrogens is 2. The fourth-order valence-corrected chi connectivity index (χ4v) is 4.11. The van der Waals surface area contributed by atoms with Crippen molar-refractivity contribution in [3.05, 3.63) is 58.1 Å². The van der Waals surface area contributed by atoms with Crippen LogP contribution in [0.5, 0.6) is 5.88 Å². The molecule has 2 atom stereocenters.